The summed E-state index contributed by atoms with van der Waals surface area (Å²) in [5.41, 5.74) is 0.585. The van der Waals surface area contributed by atoms with Crippen LogP contribution in [0.5, 0.6) is 5.75 Å². The summed E-state index contributed by atoms with van der Waals surface area (Å²) in [6.45, 7) is 1.01. The number of nitrogens with zero attached hydrogens (tertiary/aromatic N) is 4. The summed E-state index contributed by atoms with van der Waals surface area (Å²) in [6, 6.07) is 6.37. The number of carbonyl (C=O) groups excluding carboxylic acids is 2. The summed E-state index contributed by atoms with van der Waals surface area (Å²) in [4.78, 5) is 26.4. The molecule has 1 fully saturated rings. The Morgan fingerprint density at radius 2 is 2.17 bits per heavy atom. The van der Waals surface area contributed by atoms with Crippen molar-refractivity contribution in [1.29, 1.82) is 0 Å². The van der Waals surface area contributed by atoms with Crippen molar-refractivity contribution in [3.63, 3.8) is 0 Å². The van der Waals surface area contributed by atoms with Gasteiger partial charge in [0.15, 0.2) is 5.69 Å². The number of hydrogen-bond acceptors (Lipinski definition) is 6. The monoisotopic (exact) mass is 405 g/mol. The number of hydrogen-bond donors (Lipinski definition) is 1. The maximum absolute atomic E-state index is 14.1. The van der Waals surface area contributed by atoms with Crippen LogP contribution in [0.15, 0.2) is 30.5 Å². The Labute approximate surface area is 167 Å². The molecule has 2 aromatic rings. The molecule has 1 aromatic heterocycles. The summed E-state index contributed by atoms with van der Waals surface area (Å²) >= 11 is 0. The van der Waals surface area contributed by atoms with E-state index in [9.17, 15) is 14.0 Å². The fourth-order valence-electron chi connectivity index (χ4n) is 3.27. The lowest BCUT2D eigenvalue weighted by Crippen LogP contribution is -2.38. The third-order valence-electron chi connectivity index (χ3n) is 4.70. The molecule has 2 atom stereocenters. The van der Waals surface area contributed by atoms with Gasteiger partial charge in [0, 0.05) is 25.6 Å². The molecule has 2 heterocycles. The van der Waals surface area contributed by atoms with Gasteiger partial charge in [-0.2, -0.15) is 0 Å². The van der Waals surface area contributed by atoms with Gasteiger partial charge in [-0.1, -0.05) is 11.3 Å². The normalized spacial score (nSPS) is 18.7. The van der Waals surface area contributed by atoms with Crippen LogP contribution in [0.1, 0.15) is 27.3 Å². The molecule has 0 aliphatic carbocycles. The molecule has 3 rings (SSSR count). The fraction of sp³-hybridized carbons (Fsp3) is 0.474. The van der Waals surface area contributed by atoms with E-state index in [1.54, 1.807) is 31.4 Å². The summed E-state index contributed by atoms with van der Waals surface area (Å²) in [7, 11) is 3.06. The quantitative estimate of drug-likeness (QED) is 0.656. The highest BCUT2D eigenvalue weighted by Crippen LogP contribution is 2.25. The lowest BCUT2D eigenvalue weighted by atomic mass is 10.1. The molecule has 2 unspecified atom stereocenters. The van der Waals surface area contributed by atoms with Crippen molar-refractivity contribution in [3.05, 3.63) is 41.7 Å². The predicted molar refractivity (Wildman–Crippen MR) is 102 cm³/mol. The number of methoxy groups -OCH3 is 2. The average molecular weight is 405 g/mol. The van der Waals surface area contributed by atoms with E-state index in [4.69, 9.17) is 9.47 Å². The molecule has 29 heavy (non-hydrogen) atoms. The van der Waals surface area contributed by atoms with Gasteiger partial charge in [0.25, 0.3) is 11.8 Å². The molecule has 10 heteroatoms. The second-order valence-corrected chi connectivity index (χ2v) is 6.75. The van der Waals surface area contributed by atoms with Crippen molar-refractivity contribution < 1.29 is 23.5 Å². The lowest BCUT2D eigenvalue weighted by Gasteiger charge is -2.24. The van der Waals surface area contributed by atoms with Gasteiger partial charge < -0.3 is 19.7 Å². The van der Waals surface area contributed by atoms with Crippen LogP contribution in [0.4, 0.5) is 4.39 Å². The SMILES string of the molecule is COCCNC(=O)c1cn(CC2CC(F)CN2C(=O)c2cccc(OC)c2)nn1. The van der Waals surface area contributed by atoms with Gasteiger partial charge >= 0.3 is 0 Å². The molecule has 0 bridgehead atoms. The number of carbonyl (C=O) groups is 2. The van der Waals surface area contributed by atoms with E-state index in [2.05, 4.69) is 15.6 Å². The highest BCUT2D eigenvalue weighted by molar-refractivity contribution is 5.95. The highest BCUT2D eigenvalue weighted by Gasteiger charge is 2.36. The number of ether oxygens (including phenoxy) is 2. The standard InChI is InChI=1S/C19H24FN5O4/c1-28-7-6-21-18(26)17-12-24(23-22-17)11-15-9-14(20)10-25(15)19(27)13-4-3-5-16(8-13)29-2/h3-5,8,12,14-15H,6-7,9-11H2,1-2H3,(H,21,26). The van der Waals surface area contributed by atoms with Crippen molar-refractivity contribution in [2.75, 3.05) is 33.9 Å². The zero-order chi connectivity index (χ0) is 20.8. The average Bonchev–Trinajstić information content (AvgIpc) is 3.34. The first-order chi connectivity index (χ1) is 14.0. The van der Waals surface area contributed by atoms with E-state index in [0.29, 0.717) is 24.5 Å². The highest BCUT2D eigenvalue weighted by atomic mass is 19.1. The van der Waals surface area contributed by atoms with Gasteiger partial charge in [-0.05, 0) is 18.2 Å². The molecule has 1 aliphatic heterocycles. The summed E-state index contributed by atoms with van der Waals surface area (Å²) in [5, 5.41) is 10.5. The Balaban J connectivity index is 1.68. The van der Waals surface area contributed by atoms with Crippen molar-refractivity contribution >= 4 is 11.8 Å². The molecule has 1 aliphatic rings. The van der Waals surface area contributed by atoms with E-state index in [1.165, 1.54) is 22.9 Å². The van der Waals surface area contributed by atoms with Crippen LogP contribution in [-0.4, -0.2) is 77.8 Å². The number of nitrogens with one attached hydrogen (secondary N) is 1. The number of likely N-dealkylation sites (tertiary alicyclic amines) is 1. The van der Waals surface area contributed by atoms with E-state index in [-0.39, 0.29) is 37.0 Å². The molecule has 0 spiro atoms. The number of amides is 2. The Morgan fingerprint density at radius 3 is 2.93 bits per heavy atom. The maximum atomic E-state index is 14.1. The van der Waals surface area contributed by atoms with Gasteiger partial charge in [0.1, 0.15) is 11.9 Å². The van der Waals surface area contributed by atoms with Crippen LogP contribution >= 0.6 is 0 Å². The number of halogens is 1. The molecular weight excluding hydrogens is 381 g/mol. The van der Waals surface area contributed by atoms with Crippen LogP contribution in [0, 0.1) is 0 Å². The minimum absolute atomic E-state index is 0.0137. The minimum atomic E-state index is -1.12. The minimum Gasteiger partial charge on any atom is -0.497 e. The van der Waals surface area contributed by atoms with Crippen LogP contribution in [-0.2, 0) is 11.3 Å². The Hall–Kier alpha value is -3.01. The Kier molecular flexibility index (Phi) is 6.76. The van der Waals surface area contributed by atoms with Gasteiger partial charge in [0.05, 0.1) is 39.0 Å². The Bertz CT molecular complexity index is 859. The first-order valence-electron chi connectivity index (χ1n) is 9.28. The second-order valence-electron chi connectivity index (χ2n) is 6.75. The van der Waals surface area contributed by atoms with Gasteiger partial charge in [-0.3, -0.25) is 9.59 Å². The summed E-state index contributed by atoms with van der Waals surface area (Å²) in [6.07, 6.45) is 0.571. The van der Waals surface area contributed by atoms with Crippen molar-refractivity contribution in [2.45, 2.75) is 25.2 Å². The molecule has 0 radical (unpaired) electrons. The van der Waals surface area contributed by atoms with Crippen LogP contribution in [0.25, 0.3) is 0 Å². The molecule has 9 nitrogen and oxygen atoms in total. The molecule has 1 aromatic carbocycles. The zero-order valence-corrected chi connectivity index (χ0v) is 16.4. The first kappa shape index (κ1) is 20.7. The topological polar surface area (TPSA) is 98.6 Å². The van der Waals surface area contributed by atoms with Crippen LogP contribution in [0.2, 0.25) is 0 Å². The van der Waals surface area contributed by atoms with E-state index in [1.807, 2.05) is 0 Å². The van der Waals surface area contributed by atoms with E-state index < -0.39 is 12.2 Å². The number of aromatic nitrogens is 3. The maximum Gasteiger partial charge on any atom is 0.273 e. The van der Waals surface area contributed by atoms with Crippen molar-refractivity contribution in [3.8, 4) is 5.75 Å². The third-order valence-corrected chi connectivity index (χ3v) is 4.70. The fourth-order valence-corrected chi connectivity index (χ4v) is 3.27. The number of alkyl halides is 1. The molecule has 156 valence electrons. The van der Waals surface area contributed by atoms with Crippen molar-refractivity contribution in [1.82, 2.24) is 25.2 Å². The third kappa shape index (κ3) is 5.08. The molecule has 2 amide bonds. The molecule has 0 saturated carbocycles. The summed E-state index contributed by atoms with van der Waals surface area (Å²) in [5.74, 6) is -0.0806. The zero-order valence-electron chi connectivity index (χ0n) is 16.4. The molecule has 1 saturated heterocycles. The van der Waals surface area contributed by atoms with Gasteiger partial charge in [-0.25, -0.2) is 9.07 Å². The largest absolute Gasteiger partial charge is 0.497 e. The van der Waals surface area contributed by atoms with E-state index in [0.717, 1.165) is 0 Å². The Morgan fingerprint density at radius 1 is 1.34 bits per heavy atom. The lowest BCUT2D eigenvalue weighted by molar-refractivity contribution is 0.0714. The summed E-state index contributed by atoms with van der Waals surface area (Å²) < 4.78 is 25.6. The number of benzene rings is 1. The number of rotatable bonds is 8. The van der Waals surface area contributed by atoms with Crippen LogP contribution in [0.3, 0.4) is 0 Å². The van der Waals surface area contributed by atoms with Gasteiger partial charge in [0.2, 0.25) is 0 Å². The van der Waals surface area contributed by atoms with Gasteiger partial charge in [-0.15, -0.1) is 5.10 Å². The van der Waals surface area contributed by atoms with E-state index >= 15 is 0 Å². The van der Waals surface area contributed by atoms with Crippen molar-refractivity contribution in [2.24, 2.45) is 0 Å². The smallest absolute Gasteiger partial charge is 0.273 e. The van der Waals surface area contributed by atoms with Crippen LogP contribution < -0.4 is 10.1 Å². The molecule has 1 N–H and O–H groups in total. The predicted octanol–water partition coefficient (Wildman–Crippen LogP) is 0.916. The second kappa shape index (κ2) is 9.46. The first-order valence-corrected chi connectivity index (χ1v) is 9.28. The molecular formula is C19H24FN5O4.